The number of carbonyl (C=O) groups excluding carboxylic acids is 1. The fraction of sp³-hybridized carbons (Fsp3) is 0.821. The first-order chi connectivity index (χ1) is 17.2. The van der Waals surface area contributed by atoms with Gasteiger partial charge in [-0.15, -0.1) is 0 Å². The van der Waals surface area contributed by atoms with Gasteiger partial charge in [0, 0.05) is 20.5 Å². The molecule has 8 nitrogen and oxygen atoms in total. The highest BCUT2D eigenvalue weighted by Gasteiger charge is 2.58. The van der Waals surface area contributed by atoms with Crippen molar-refractivity contribution in [3.8, 4) is 0 Å². The minimum absolute atomic E-state index is 0.0155. The van der Waals surface area contributed by atoms with Crippen LogP contribution in [0.1, 0.15) is 65.7 Å². The predicted molar refractivity (Wildman–Crippen MR) is 128 cm³/mol. The molecule has 1 N–H and O–H groups in total. The van der Waals surface area contributed by atoms with E-state index in [0.29, 0.717) is 19.4 Å². The van der Waals surface area contributed by atoms with Crippen LogP contribution in [0.2, 0.25) is 0 Å². The summed E-state index contributed by atoms with van der Waals surface area (Å²) in [6.07, 6.45) is 8.04. The smallest absolute Gasteiger partial charge is 0.309 e. The zero-order valence-electron chi connectivity index (χ0n) is 21.8. The van der Waals surface area contributed by atoms with E-state index in [-0.39, 0.29) is 59.8 Å². The van der Waals surface area contributed by atoms with E-state index in [2.05, 4.69) is 13.0 Å². The summed E-state index contributed by atoms with van der Waals surface area (Å²) in [4.78, 5) is 13.5. The first-order valence-corrected chi connectivity index (χ1v) is 13.6. The first-order valence-electron chi connectivity index (χ1n) is 13.6. The summed E-state index contributed by atoms with van der Waals surface area (Å²) in [5.74, 6) is -0.727. The number of methoxy groups -OCH3 is 1. The lowest BCUT2D eigenvalue weighted by atomic mass is 9.55. The van der Waals surface area contributed by atoms with Gasteiger partial charge in [-0.25, -0.2) is 0 Å². The van der Waals surface area contributed by atoms with E-state index in [0.717, 1.165) is 32.1 Å². The molecule has 0 aromatic heterocycles. The van der Waals surface area contributed by atoms with Crippen molar-refractivity contribution in [3.05, 3.63) is 23.5 Å². The third-order valence-electron chi connectivity index (χ3n) is 10.0. The van der Waals surface area contributed by atoms with Crippen molar-refractivity contribution in [1.29, 1.82) is 0 Å². The molecule has 200 valence electrons. The molecule has 6 aliphatic rings. The molecule has 11 atom stereocenters. The number of allylic oxidation sites excluding steroid dienone is 1. The van der Waals surface area contributed by atoms with Crippen molar-refractivity contribution in [3.63, 3.8) is 0 Å². The first kappa shape index (κ1) is 24.9. The molecule has 0 spiro atoms. The van der Waals surface area contributed by atoms with Crippen LogP contribution in [0, 0.1) is 23.2 Å². The molecule has 0 amide bonds. The maximum atomic E-state index is 13.5. The Morgan fingerprint density at radius 3 is 2.86 bits per heavy atom. The molecule has 4 heterocycles. The Morgan fingerprint density at radius 2 is 2.06 bits per heavy atom. The van der Waals surface area contributed by atoms with Crippen molar-refractivity contribution >= 4 is 5.97 Å². The van der Waals surface area contributed by atoms with Gasteiger partial charge < -0.3 is 33.5 Å². The van der Waals surface area contributed by atoms with Crippen molar-refractivity contribution in [2.45, 2.75) is 108 Å². The van der Waals surface area contributed by atoms with Crippen molar-refractivity contribution in [2.75, 3.05) is 13.7 Å². The molecule has 1 saturated carbocycles. The van der Waals surface area contributed by atoms with Crippen LogP contribution in [-0.4, -0.2) is 67.4 Å². The molecule has 4 fully saturated rings. The molecule has 36 heavy (non-hydrogen) atoms. The molecule has 3 saturated heterocycles. The van der Waals surface area contributed by atoms with Gasteiger partial charge in [0.1, 0.15) is 12.2 Å². The van der Waals surface area contributed by atoms with Crippen molar-refractivity contribution in [2.24, 2.45) is 23.2 Å². The van der Waals surface area contributed by atoms with Gasteiger partial charge in [0.2, 0.25) is 5.79 Å². The highest BCUT2D eigenvalue weighted by Crippen LogP contribution is 2.57. The summed E-state index contributed by atoms with van der Waals surface area (Å²) in [5, 5.41) is 10.3. The van der Waals surface area contributed by atoms with Crippen LogP contribution in [-0.2, 0) is 33.2 Å². The second-order valence-corrected chi connectivity index (χ2v) is 12.0. The van der Waals surface area contributed by atoms with Gasteiger partial charge in [-0.05, 0) is 62.4 Å². The number of carbonyl (C=O) groups is 1. The Balaban J connectivity index is 1.18. The maximum absolute atomic E-state index is 13.5. The quantitative estimate of drug-likeness (QED) is 0.460. The molecule has 2 aliphatic carbocycles. The van der Waals surface area contributed by atoms with E-state index in [9.17, 15) is 9.90 Å². The lowest BCUT2D eigenvalue weighted by Gasteiger charge is -2.50. The Bertz CT molecular complexity index is 946. The SMILES string of the molecule is COC1CC(OC2CC[C@@]3(C)C(=CC[C@H]4C(=O)O[C@@H]5CO[C@]6(C)OC=C(CC[C@@H]43)[C@H]56)C2)OC(C)C1O. The minimum atomic E-state index is -0.713. The topological polar surface area (TPSA) is 92.7 Å². The van der Waals surface area contributed by atoms with E-state index >= 15 is 0 Å². The Morgan fingerprint density at radius 1 is 1.22 bits per heavy atom. The van der Waals surface area contributed by atoms with Crippen molar-refractivity contribution in [1.82, 2.24) is 0 Å². The van der Waals surface area contributed by atoms with Gasteiger partial charge >= 0.3 is 5.97 Å². The number of hydrogen-bond donors (Lipinski definition) is 1. The molecular weight excluding hydrogens is 464 g/mol. The molecule has 0 bridgehead atoms. The van der Waals surface area contributed by atoms with Crippen LogP contribution < -0.4 is 0 Å². The van der Waals surface area contributed by atoms with Gasteiger partial charge in [0.15, 0.2) is 6.29 Å². The Kier molecular flexibility index (Phi) is 6.27. The average molecular weight is 505 g/mol. The Hall–Kier alpha value is -1.45. The van der Waals surface area contributed by atoms with E-state index in [1.54, 1.807) is 7.11 Å². The summed E-state index contributed by atoms with van der Waals surface area (Å²) >= 11 is 0. The third kappa shape index (κ3) is 3.95. The molecule has 0 radical (unpaired) electrons. The molecule has 0 aromatic carbocycles. The number of rotatable bonds is 3. The van der Waals surface area contributed by atoms with Crippen LogP contribution in [0.5, 0.6) is 0 Å². The molecule has 6 rings (SSSR count). The summed E-state index contributed by atoms with van der Waals surface area (Å²) in [6, 6.07) is 0. The average Bonchev–Trinajstić information content (AvgIpc) is 3.36. The second-order valence-electron chi connectivity index (χ2n) is 12.0. The predicted octanol–water partition coefficient (Wildman–Crippen LogP) is 3.62. The highest BCUT2D eigenvalue weighted by molar-refractivity contribution is 5.74. The number of ether oxygens (including phenoxy) is 6. The summed E-state index contributed by atoms with van der Waals surface area (Å²) < 4.78 is 35.8. The Labute approximate surface area is 213 Å². The fourth-order valence-electron chi connectivity index (χ4n) is 7.86. The van der Waals surface area contributed by atoms with Crippen LogP contribution >= 0.6 is 0 Å². The number of fused-ring (bicyclic) bond motifs is 3. The zero-order chi connectivity index (χ0) is 25.2. The monoisotopic (exact) mass is 504 g/mol. The summed E-state index contributed by atoms with van der Waals surface area (Å²) in [5.41, 5.74) is 2.54. The molecule has 0 aromatic rings. The van der Waals surface area contributed by atoms with E-state index < -0.39 is 11.9 Å². The zero-order valence-corrected chi connectivity index (χ0v) is 21.8. The lowest BCUT2D eigenvalue weighted by Crippen LogP contribution is -2.50. The number of aliphatic hydroxyl groups excluding tert-OH is 1. The maximum Gasteiger partial charge on any atom is 0.309 e. The van der Waals surface area contributed by atoms with E-state index in [1.165, 1.54) is 11.1 Å². The standard InChI is InChI=1S/C28H40O8/c1-15-25(29)21(31-4)12-23(34-15)35-18-9-10-27(2)17(11-18)6-7-19-20(27)8-5-16-13-32-28(3)24(16)22(14-33-28)36-26(19)30/h6,13,15,18-25,29H,5,7-12,14H2,1-4H3/t15?,18?,19-,20+,21?,22-,23?,24-,25?,27+,28+/m1/s1. The molecule has 5 unspecified atom stereocenters. The van der Waals surface area contributed by atoms with Crippen LogP contribution in [0.4, 0.5) is 0 Å². The summed E-state index contributed by atoms with van der Waals surface area (Å²) in [7, 11) is 1.62. The minimum Gasteiger partial charge on any atom is -0.469 e. The van der Waals surface area contributed by atoms with Crippen LogP contribution in [0.3, 0.4) is 0 Å². The highest BCUT2D eigenvalue weighted by atomic mass is 16.7. The van der Waals surface area contributed by atoms with E-state index in [1.807, 2.05) is 20.1 Å². The molecular formula is C28H40O8. The fourth-order valence-corrected chi connectivity index (χ4v) is 7.86. The lowest BCUT2D eigenvalue weighted by molar-refractivity contribution is -0.265. The van der Waals surface area contributed by atoms with E-state index in [4.69, 9.17) is 28.4 Å². The van der Waals surface area contributed by atoms with Gasteiger partial charge in [0.25, 0.3) is 0 Å². The van der Waals surface area contributed by atoms with Gasteiger partial charge in [0.05, 0.1) is 43.0 Å². The number of esters is 1. The van der Waals surface area contributed by atoms with Gasteiger partial charge in [-0.3, -0.25) is 4.79 Å². The van der Waals surface area contributed by atoms with Crippen LogP contribution in [0.25, 0.3) is 0 Å². The molecule has 8 heteroatoms. The largest absolute Gasteiger partial charge is 0.469 e. The summed E-state index contributed by atoms with van der Waals surface area (Å²) in [6.45, 7) is 6.54. The van der Waals surface area contributed by atoms with Crippen LogP contribution in [0.15, 0.2) is 23.5 Å². The second kappa shape index (κ2) is 9.09. The van der Waals surface area contributed by atoms with Crippen molar-refractivity contribution < 1.29 is 38.3 Å². The number of hydrogen-bond acceptors (Lipinski definition) is 8. The number of aliphatic hydroxyl groups is 1. The normalized spacial score (nSPS) is 50.2. The van der Waals surface area contributed by atoms with Gasteiger partial charge in [-0.1, -0.05) is 18.6 Å². The van der Waals surface area contributed by atoms with Gasteiger partial charge in [-0.2, -0.15) is 0 Å². The molecule has 4 aliphatic heterocycles. The third-order valence-corrected chi connectivity index (χ3v) is 10.0.